The van der Waals surface area contributed by atoms with Gasteiger partial charge in [0.05, 0.1) is 24.6 Å². The molecule has 0 bridgehead atoms. The zero-order valence-corrected chi connectivity index (χ0v) is 11.4. The minimum atomic E-state index is 0.552. The molecule has 0 aromatic heterocycles. The molecule has 2 heterocycles. The van der Waals surface area contributed by atoms with Crippen LogP contribution >= 0.6 is 0 Å². The first-order valence-electron chi connectivity index (χ1n) is 7.32. The predicted molar refractivity (Wildman–Crippen MR) is 79.0 cm³/mol. The molecular formula is C15H23N3O. The maximum atomic E-state index is 5.44. The molecule has 2 fully saturated rings. The van der Waals surface area contributed by atoms with Gasteiger partial charge in [-0.05, 0) is 31.5 Å². The molecule has 0 amide bonds. The van der Waals surface area contributed by atoms with Gasteiger partial charge < -0.3 is 20.3 Å². The quantitative estimate of drug-likeness (QED) is 0.868. The second-order valence-electron chi connectivity index (χ2n) is 5.30. The van der Waals surface area contributed by atoms with E-state index in [4.69, 9.17) is 4.74 Å². The van der Waals surface area contributed by atoms with Gasteiger partial charge in [0.2, 0.25) is 0 Å². The molecule has 19 heavy (non-hydrogen) atoms. The topological polar surface area (TPSA) is 36.5 Å². The number of morpholine rings is 1. The van der Waals surface area contributed by atoms with Crippen LogP contribution in [0.25, 0.3) is 0 Å². The van der Waals surface area contributed by atoms with Crippen LogP contribution in [-0.4, -0.2) is 45.4 Å². The van der Waals surface area contributed by atoms with Crippen LogP contribution in [-0.2, 0) is 4.74 Å². The molecule has 104 valence electrons. The van der Waals surface area contributed by atoms with Crippen LogP contribution in [0.15, 0.2) is 24.3 Å². The van der Waals surface area contributed by atoms with Crippen molar-refractivity contribution < 1.29 is 4.74 Å². The Kier molecular flexibility index (Phi) is 4.20. The van der Waals surface area contributed by atoms with E-state index in [-0.39, 0.29) is 0 Å². The fourth-order valence-corrected chi connectivity index (χ4v) is 2.87. The molecule has 3 rings (SSSR count). The summed E-state index contributed by atoms with van der Waals surface area (Å²) in [5.41, 5.74) is 2.58. The molecule has 4 nitrogen and oxygen atoms in total. The smallest absolute Gasteiger partial charge is 0.0642 e. The van der Waals surface area contributed by atoms with Crippen molar-refractivity contribution in [3.63, 3.8) is 0 Å². The highest BCUT2D eigenvalue weighted by Crippen LogP contribution is 2.27. The first-order chi connectivity index (χ1) is 9.43. The van der Waals surface area contributed by atoms with Gasteiger partial charge in [0.1, 0.15) is 0 Å². The zero-order valence-electron chi connectivity index (χ0n) is 11.4. The Morgan fingerprint density at radius 2 is 2.05 bits per heavy atom. The molecule has 2 saturated heterocycles. The van der Waals surface area contributed by atoms with Gasteiger partial charge in [0.15, 0.2) is 0 Å². The number of piperidine rings is 1. The molecule has 0 saturated carbocycles. The molecule has 0 spiro atoms. The summed E-state index contributed by atoms with van der Waals surface area (Å²) >= 11 is 0. The molecule has 2 aliphatic heterocycles. The molecule has 4 heteroatoms. The fourth-order valence-electron chi connectivity index (χ4n) is 2.87. The van der Waals surface area contributed by atoms with Gasteiger partial charge in [-0.1, -0.05) is 12.1 Å². The Morgan fingerprint density at radius 3 is 2.84 bits per heavy atom. The zero-order chi connectivity index (χ0) is 12.9. The molecule has 1 aromatic rings. The lowest BCUT2D eigenvalue weighted by atomic mass is 10.1. The number of nitrogens with zero attached hydrogens (tertiary/aromatic N) is 1. The number of hydrogen-bond acceptors (Lipinski definition) is 4. The summed E-state index contributed by atoms with van der Waals surface area (Å²) in [6.45, 7) is 5.86. The van der Waals surface area contributed by atoms with Crippen LogP contribution in [0.5, 0.6) is 0 Å². The SMILES string of the molecule is c1ccc(N2CCOCC2)c(NC2CCCNC2)c1. The Balaban J connectivity index is 1.72. The molecule has 1 unspecified atom stereocenters. The third kappa shape index (κ3) is 3.19. The highest BCUT2D eigenvalue weighted by Gasteiger charge is 2.17. The van der Waals surface area contributed by atoms with Crippen LogP contribution in [0, 0.1) is 0 Å². The van der Waals surface area contributed by atoms with Gasteiger partial charge in [-0.3, -0.25) is 0 Å². The van der Waals surface area contributed by atoms with Gasteiger partial charge >= 0.3 is 0 Å². The van der Waals surface area contributed by atoms with Gasteiger partial charge in [-0.15, -0.1) is 0 Å². The number of rotatable bonds is 3. The van der Waals surface area contributed by atoms with Crippen molar-refractivity contribution in [1.29, 1.82) is 0 Å². The molecule has 2 N–H and O–H groups in total. The number of ether oxygens (including phenoxy) is 1. The Labute approximate surface area is 115 Å². The number of anilines is 2. The number of nitrogens with one attached hydrogen (secondary N) is 2. The fraction of sp³-hybridized carbons (Fsp3) is 0.600. The van der Waals surface area contributed by atoms with Crippen LogP contribution in [0.1, 0.15) is 12.8 Å². The van der Waals surface area contributed by atoms with E-state index in [1.807, 2.05) is 0 Å². The van der Waals surface area contributed by atoms with Crippen molar-refractivity contribution in [2.75, 3.05) is 49.6 Å². The summed E-state index contributed by atoms with van der Waals surface area (Å²) in [7, 11) is 0. The second-order valence-corrected chi connectivity index (χ2v) is 5.30. The molecule has 0 radical (unpaired) electrons. The summed E-state index contributed by atoms with van der Waals surface area (Å²) < 4.78 is 5.44. The van der Waals surface area contributed by atoms with Crippen LogP contribution in [0.2, 0.25) is 0 Å². The van der Waals surface area contributed by atoms with Crippen LogP contribution < -0.4 is 15.5 Å². The predicted octanol–water partition coefficient (Wildman–Crippen LogP) is 1.69. The van der Waals surface area contributed by atoms with E-state index in [1.165, 1.54) is 24.2 Å². The Hall–Kier alpha value is -1.26. The minimum Gasteiger partial charge on any atom is -0.379 e. The molecule has 1 atom stereocenters. The van der Waals surface area contributed by atoms with E-state index in [1.54, 1.807) is 0 Å². The third-order valence-electron chi connectivity index (χ3n) is 3.91. The lowest BCUT2D eigenvalue weighted by Gasteiger charge is -2.32. The monoisotopic (exact) mass is 261 g/mol. The van der Waals surface area contributed by atoms with E-state index in [0.717, 1.165) is 39.4 Å². The molecule has 2 aliphatic rings. The second kappa shape index (κ2) is 6.26. The van der Waals surface area contributed by atoms with E-state index >= 15 is 0 Å². The Bertz CT molecular complexity index is 398. The van der Waals surface area contributed by atoms with Crippen molar-refractivity contribution in [2.24, 2.45) is 0 Å². The van der Waals surface area contributed by atoms with Gasteiger partial charge in [-0.25, -0.2) is 0 Å². The normalized spacial score (nSPS) is 24.2. The third-order valence-corrected chi connectivity index (χ3v) is 3.91. The van der Waals surface area contributed by atoms with E-state index < -0.39 is 0 Å². The van der Waals surface area contributed by atoms with Crippen molar-refractivity contribution in [3.8, 4) is 0 Å². The largest absolute Gasteiger partial charge is 0.379 e. The van der Waals surface area contributed by atoms with E-state index in [9.17, 15) is 0 Å². The van der Waals surface area contributed by atoms with Crippen molar-refractivity contribution >= 4 is 11.4 Å². The van der Waals surface area contributed by atoms with E-state index in [2.05, 4.69) is 39.8 Å². The van der Waals surface area contributed by atoms with Gasteiger partial charge in [-0.2, -0.15) is 0 Å². The Morgan fingerprint density at radius 1 is 1.21 bits per heavy atom. The van der Waals surface area contributed by atoms with Crippen LogP contribution in [0.3, 0.4) is 0 Å². The lowest BCUT2D eigenvalue weighted by molar-refractivity contribution is 0.123. The summed E-state index contributed by atoms with van der Waals surface area (Å²) in [6, 6.07) is 9.19. The maximum Gasteiger partial charge on any atom is 0.0642 e. The highest BCUT2D eigenvalue weighted by atomic mass is 16.5. The maximum absolute atomic E-state index is 5.44. The average Bonchev–Trinajstić information content (AvgIpc) is 2.50. The standard InChI is InChI=1S/C15H23N3O/c1-2-6-15(18-8-10-19-11-9-18)14(5-1)17-13-4-3-7-16-12-13/h1-2,5-6,13,16-17H,3-4,7-12H2. The summed E-state index contributed by atoms with van der Waals surface area (Å²) in [6.07, 6.45) is 2.52. The van der Waals surface area contributed by atoms with E-state index in [0.29, 0.717) is 6.04 Å². The summed E-state index contributed by atoms with van der Waals surface area (Å²) in [5, 5.41) is 7.16. The molecular weight excluding hydrogens is 238 g/mol. The summed E-state index contributed by atoms with van der Waals surface area (Å²) in [5.74, 6) is 0. The van der Waals surface area contributed by atoms with Gasteiger partial charge in [0, 0.05) is 25.7 Å². The van der Waals surface area contributed by atoms with Crippen molar-refractivity contribution in [2.45, 2.75) is 18.9 Å². The first kappa shape index (κ1) is 12.8. The average molecular weight is 261 g/mol. The number of hydrogen-bond donors (Lipinski definition) is 2. The summed E-state index contributed by atoms with van der Waals surface area (Å²) in [4.78, 5) is 2.42. The minimum absolute atomic E-state index is 0.552. The number of para-hydroxylation sites is 2. The number of benzene rings is 1. The van der Waals surface area contributed by atoms with Gasteiger partial charge in [0.25, 0.3) is 0 Å². The molecule has 1 aromatic carbocycles. The van der Waals surface area contributed by atoms with Crippen LogP contribution in [0.4, 0.5) is 11.4 Å². The first-order valence-corrected chi connectivity index (χ1v) is 7.32. The van der Waals surface area contributed by atoms with Crippen molar-refractivity contribution in [1.82, 2.24) is 5.32 Å². The lowest BCUT2D eigenvalue weighted by Crippen LogP contribution is -2.40. The van der Waals surface area contributed by atoms with Crippen molar-refractivity contribution in [3.05, 3.63) is 24.3 Å². The highest BCUT2D eigenvalue weighted by molar-refractivity contribution is 5.70. The molecule has 0 aliphatic carbocycles.